The summed E-state index contributed by atoms with van der Waals surface area (Å²) in [6, 6.07) is 9.50. The SMILES string of the molecule is Cc1ccc(OCC(=O)N/N=C/c2ccc(Br)s2)c(Br)c1. The number of nitrogens with zero attached hydrogens (tertiary/aromatic N) is 1. The van der Waals surface area contributed by atoms with Crippen LogP contribution >= 0.6 is 43.2 Å². The van der Waals surface area contributed by atoms with Crippen LogP contribution in [-0.4, -0.2) is 18.7 Å². The molecule has 0 atom stereocenters. The molecule has 0 bridgehead atoms. The monoisotopic (exact) mass is 430 g/mol. The molecule has 1 N–H and O–H groups in total. The van der Waals surface area contributed by atoms with Gasteiger partial charge in [-0.2, -0.15) is 5.10 Å². The molecule has 0 unspecified atom stereocenters. The second kappa shape index (κ2) is 7.72. The van der Waals surface area contributed by atoms with Gasteiger partial charge >= 0.3 is 0 Å². The fourth-order valence-corrected chi connectivity index (χ4v) is 3.37. The topological polar surface area (TPSA) is 50.7 Å². The molecule has 1 aromatic heterocycles. The van der Waals surface area contributed by atoms with Crippen molar-refractivity contribution < 1.29 is 9.53 Å². The van der Waals surface area contributed by atoms with Gasteiger partial charge in [0, 0.05) is 4.88 Å². The Labute approximate surface area is 143 Å². The fourth-order valence-electron chi connectivity index (χ4n) is 1.46. The van der Waals surface area contributed by atoms with E-state index in [0.29, 0.717) is 5.75 Å². The van der Waals surface area contributed by atoms with Gasteiger partial charge in [-0.25, -0.2) is 5.43 Å². The third-order valence-corrected chi connectivity index (χ3v) is 4.60. The van der Waals surface area contributed by atoms with Crippen LogP contribution in [0.1, 0.15) is 10.4 Å². The second-order valence-corrected chi connectivity index (χ2v) is 7.51. The summed E-state index contributed by atoms with van der Waals surface area (Å²) in [6.07, 6.45) is 1.59. The first-order chi connectivity index (χ1) is 10.0. The third kappa shape index (κ3) is 5.26. The van der Waals surface area contributed by atoms with E-state index in [1.54, 1.807) is 6.21 Å². The summed E-state index contributed by atoms with van der Waals surface area (Å²) in [5.74, 6) is 0.316. The minimum Gasteiger partial charge on any atom is -0.483 e. The van der Waals surface area contributed by atoms with Gasteiger partial charge < -0.3 is 4.74 Å². The zero-order valence-electron chi connectivity index (χ0n) is 11.1. The normalized spacial score (nSPS) is 10.8. The smallest absolute Gasteiger partial charge is 0.277 e. The summed E-state index contributed by atoms with van der Waals surface area (Å²) in [5, 5.41) is 3.88. The van der Waals surface area contributed by atoms with E-state index in [-0.39, 0.29) is 12.5 Å². The van der Waals surface area contributed by atoms with E-state index in [4.69, 9.17) is 4.74 Å². The highest BCUT2D eigenvalue weighted by Crippen LogP contribution is 2.25. The zero-order valence-corrected chi connectivity index (χ0v) is 15.1. The Kier molecular flexibility index (Phi) is 5.96. The van der Waals surface area contributed by atoms with Crippen LogP contribution in [0.4, 0.5) is 0 Å². The summed E-state index contributed by atoms with van der Waals surface area (Å²) >= 11 is 8.29. The molecule has 0 aliphatic rings. The number of carbonyl (C=O) groups is 1. The molecular weight excluding hydrogens is 420 g/mol. The van der Waals surface area contributed by atoms with E-state index in [0.717, 1.165) is 18.7 Å². The van der Waals surface area contributed by atoms with E-state index in [1.165, 1.54) is 11.3 Å². The number of ether oxygens (including phenoxy) is 1. The highest BCUT2D eigenvalue weighted by Gasteiger charge is 2.05. The van der Waals surface area contributed by atoms with Gasteiger partial charge in [0.15, 0.2) is 6.61 Å². The van der Waals surface area contributed by atoms with E-state index in [9.17, 15) is 4.79 Å². The molecule has 0 radical (unpaired) electrons. The molecule has 2 aromatic rings. The molecule has 21 heavy (non-hydrogen) atoms. The quantitative estimate of drug-likeness (QED) is 0.572. The van der Waals surface area contributed by atoms with Crippen LogP contribution < -0.4 is 10.2 Å². The Morgan fingerprint density at radius 1 is 1.38 bits per heavy atom. The number of benzene rings is 1. The van der Waals surface area contributed by atoms with Gasteiger partial charge in [0.1, 0.15) is 5.75 Å². The molecule has 1 aromatic carbocycles. The molecule has 2 rings (SSSR count). The summed E-state index contributed by atoms with van der Waals surface area (Å²) in [4.78, 5) is 12.6. The second-order valence-electron chi connectivity index (χ2n) is 4.16. The van der Waals surface area contributed by atoms with Crippen molar-refractivity contribution in [3.8, 4) is 5.75 Å². The Hall–Kier alpha value is -1.18. The van der Waals surface area contributed by atoms with Gasteiger partial charge in [-0.1, -0.05) is 6.07 Å². The molecule has 110 valence electrons. The van der Waals surface area contributed by atoms with Gasteiger partial charge in [0.05, 0.1) is 14.5 Å². The standard InChI is InChI=1S/C14H12Br2N2O2S/c1-9-2-4-12(11(15)6-9)20-8-14(19)18-17-7-10-3-5-13(16)21-10/h2-7H,8H2,1H3,(H,18,19)/b17-7+. The van der Waals surface area contributed by atoms with Crippen molar-refractivity contribution in [3.05, 3.63) is 49.0 Å². The van der Waals surface area contributed by atoms with Gasteiger partial charge in [-0.3, -0.25) is 4.79 Å². The molecule has 0 saturated carbocycles. The Balaban J connectivity index is 1.81. The molecule has 0 saturated heterocycles. The van der Waals surface area contributed by atoms with Crippen LogP contribution in [0.3, 0.4) is 0 Å². The number of rotatable bonds is 5. The van der Waals surface area contributed by atoms with E-state index < -0.39 is 0 Å². The lowest BCUT2D eigenvalue weighted by molar-refractivity contribution is -0.123. The minimum atomic E-state index is -0.311. The molecule has 1 heterocycles. The van der Waals surface area contributed by atoms with Crippen LogP contribution in [0.5, 0.6) is 5.75 Å². The van der Waals surface area contributed by atoms with E-state index in [2.05, 4.69) is 42.4 Å². The first kappa shape index (κ1) is 16.2. The zero-order chi connectivity index (χ0) is 15.2. The highest BCUT2D eigenvalue weighted by molar-refractivity contribution is 9.11. The predicted molar refractivity (Wildman–Crippen MR) is 92.1 cm³/mol. The number of hydrogen-bond donors (Lipinski definition) is 1. The number of nitrogens with one attached hydrogen (secondary N) is 1. The van der Waals surface area contributed by atoms with Crippen molar-refractivity contribution in [2.24, 2.45) is 5.10 Å². The maximum absolute atomic E-state index is 11.6. The van der Waals surface area contributed by atoms with Crippen LogP contribution in [0.2, 0.25) is 0 Å². The molecule has 0 aliphatic heterocycles. The lowest BCUT2D eigenvalue weighted by atomic mass is 10.2. The molecule has 1 amide bonds. The van der Waals surface area contributed by atoms with Crippen molar-refractivity contribution in [1.82, 2.24) is 5.43 Å². The Morgan fingerprint density at radius 2 is 2.19 bits per heavy atom. The lowest BCUT2D eigenvalue weighted by Gasteiger charge is -2.07. The number of hydrogen-bond acceptors (Lipinski definition) is 4. The maximum atomic E-state index is 11.6. The average molecular weight is 432 g/mol. The summed E-state index contributed by atoms with van der Waals surface area (Å²) in [6.45, 7) is 1.89. The number of amides is 1. The van der Waals surface area contributed by atoms with Crippen LogP contribution in [0, 0.1) is 6.92 Å². The van der Waals surface area contributed by atoms with Crippen LogP contribution in [0.25, 0.3) is 0 Å². The number of hydrazone groups is 1. The minimum absolute atomic E-state index is 0.0901. The number of thiophene rings is 1. The summed E-state index contributed by atoms with van der Waals surface area (Å²) < 4.78 is 7.26. The van der Waals surface area contributed by atoms with Gasteiger partial charge in [-0.05, 0) is 68.6 Å². The van der Waals surface area contributed by atoms with Crippen LogP contribution in [-0.2, 0) is 4.79 Å². The van der Waals surface area contributed by atoms with E-state index in [1.807, 2.05) is 37.3 Å². The molecule has 0 spiro atoms. The number of halogens is 2. The lowest BCUT2D eigenvalue weighted by Crippen LogP contribution is -2.24. The third-order valence-electron chi connectivity index (χ3n) is 2.42. The Bertz CT molecular complexity index is 671. The van der Waals surface area contributed by atoms with Gasteiger partial charge in [-0.15, -0.1) is 11.3 Å². The molecule has 0 aliphatic carbocycles. The highest BCUT2D eigenvalue weighted by atomic mass is 79.9. The average Bonchev–Trinajstić information content (AvgIpc) is 2.83. The van der Waals surface area contributed by atoms with Gasteiger partial charge in [0.25, 0.3) is 5.91 Å². The van der Waals surface area contributed by atoms with Crippen molar-refractivity contribution in [2.45, 2.75) is 6.92 Å². The van der Waals surface area contributed by atoms with Crippen molar-refractivity contribution >= 4 is 55.3 Å². The maximum Gasteiger partial charge on any atom is 0.277 e. The number of aryl methyl sites for hydroxylation is 1. The molecule has 0 fully saturated rings. The van der Waals surface area contributed by atoms with Gasteiger partial charge in [0.2, 0.25) is 0 Å². The van der Waals surface area contributed by atoms with Crippen molar-refractivity contribution in [2.75, 3.05) is 6.61 Å². The van der Waals surface area contributed by atoms with Crippen molar-refractivity contribution in [1.29, 1.82) is 0 Å². The first-order valence-corrected chi connectivity index (χ1v) is 8.41. The predicted octanol–water partition coefficient (Wildman–Crippen LogP) is 4.11. The fraction of sp³-hybridized carbons (Fsp3) is 0.143. The first-order valence-electron chi connectivity index (χ1n) is 6.01. The molecule has 7 heteroatoms. The largest absolute Gasteiger partial charge is 0.483 e. The number of carbonyl (C=O) groups excluding carboxylic acids is 1. The van der Waals surface area contributed by atoms with Crippen LogP contribution in [0.15, 0.2) is 43.7 Å². The molecule has 4 nitrogen and oxygen atoms in total. The van der Waals surface area contributed by atoms with E-state index >= 15 is 0 Å². The van der Waals surface area contributed by atoms with Crippen molar-refractivity contribution in [3.63, 3.8) is 0 Å². The summed E-state index contributed by atoms with van der Waals surface area (Å²) in [5.41, 5.74) is 3.54. The summed E-state index contributed by atoms with van der Waals surface area (Å²) in [7, 11) is 0. The Morgan fingerprint density at radius 3 is 2.86 bits per heavy atom. The molecular formula is C14H12Br2N2O2S.